The number of aliphatic hydroxyl groups is 1. The number of nitrogens with one attached hydrogen (secondary N) is 3. The number of carbonyl (C=O) groups is 1. The van der Waals surface area contributed by atoms with E-state index in [0.29, 0.717) is 31.7 Å². The molecule has 1 aromatic rings. The first-order valence-corrected chi connectivity index (χ1v) is 11.3. The predicted molar refractivity (Wildman–Crippen MR) is 112 cm³/mol. The molecule has 4 aliphatic rings. The van der Waals surface area contributed by atoms with Crippen LogP contribution in [0.4, 0.5) is 10.5 Å². The van der Waals surface area contributed by atoms with Crippen LogP contribution in [-0.4, -0.2) is 55.7 Å². The number of fused-ring (bicyclic) bond motifs is 4. The Labute approximate surface area is 177 Å². The molecule has 1 aliphatic carbocycles. The number of aliphatic hydroxyl groups excluding tert-OH is 1. The summed E-state index contributed by atoms with van der Waals surface area (Å²) in [6.07, 6.45) is 4.35. The lowest BCUT2D eigenvalue weighted by atomic mass is 9.78. The van der Waals surface area contributed by atoms with Crippen molar-refractivity contribution in [1.82, 2.24) is 16.2 Å². The van der Waals surface area contributed by atoms with Gasteiger partial charge in [0, 0.05) is 38.0 Å². The first kappa shape index (κ1) is 20.1. The maximum absolute atomic E-state index is 12.1. The summed E-state index contributed by atoms with van der Waals surface area (Å²) in [7, 11) is 0. The second-order valence-electron chi connectivity index (χ2n) is 9.02. The fourth-order valence-corrected chi connectivity index (χ4v) is 5.33. The Bertz CT molecular complexity index is 776. The Kier molecular flexibility index (Phi) is 5.82. The normalized spacial score (nSPS) is 34.6. The summed E-state index contributed by atoms with van der Waals surface area (Å²) in [5.41, 5.74) is 10.3. The molecule has 3 heterocycles. The average Bonchev–Trinajstić information content (AvgIpc) is 3.37. The minimum atomic E-state index is -0.395. The minimum absolute atomic E-state index is 0.187. The van der Waals surface area contributed by atoms with Crippen LogP contribution in [0.25, 0.3) is 0 Å². The van der Waals surface area contributed by atoms with Crippen molar-refractivity contribution in [2.45, 2.75) is 63.0 Å². The van der Waals surface area contributed by atoms with Crippen LogP contribution < -0.4 is 21.1 Å². The van der Waals surface area contributed by atoms with E-state index in [-0.39, 0.29) is 24.9 Å². The van der Waals surface area contributed by atoms with Crippen molar-refractivity contribution in [2.24, 2.45) is 5.92 Å². The molecule has 4 unspecified atom stereocenters. The lowest BCUT2D eigenvalue weighted by molar-refractivity contribution is 0.00716. The summed E-state index contributed by atoms with van der Waals surface area (Å²) in [6, 6.07) is 7.10. The van der Waals surface area contributed by atoms with Crippen molar-refractivity contribution in [2.75, 3.05) is 31.1 Å². The van der Waals surface area contributed by atoms with Crippen LogP contribution in [0.2, 0.25) is 0 Å². The van der Waals surface area contributed by atoms with E-state index in [0.717, 1.165) is 49.9 Å². The molecule has 5 rings (SSSR count). The summed E-state index contributed by atoms with van der Waals surface area (Å²) in [6.45, 7) is 2.92. The van der Waals surface area contributed by atoms with Gasteiger partial charge in [-0.25, -0.2) is 10.2 Å². The Morgan fingerprint density at radius 1 is 1.13 bits per heavy atom. The second kappa shape index (κ2) is 8.70. The van der Waals surface area contributed by atoms with Gasteiger partial charge in [-0.2, -0.15) is 0 Å². The van der Waals surface area contributed by atoms with E-state index in [1.54, 1.807) is 0 Å². The number of benzene rings is 1. The van der Waals surface area contributed by atoms with Gasteiger partial charge in [0.15, 0.2) is 0 Å². The smallest absolute Gasteiger partial charge is 0.407 e. The molecule has 3 aliphatic heterocycles. The number of nitrogens with zero attached hydrogens (tertiary/aromatic N) is 1. The van der Waals surface area contributed by atoms with Crippen molar-refractivity contribution >= 4 is 11.8 Å². The monoisotopic (exact) mass is 416 g/mol. The fourth-order valence-electron chi connectivity index (χ4n) is 5.33. The molecule has 1 amide bonds. The first-order valence-electron chi connectivity index (χ1n) is 11.3. The molecule has 8 nitrogen and oxygen atoms in total. The van der Waals surface area contributed by atoms with Crippen molar-refractivity contribution in [3.63, 3.8) is 0 Å². The molecule has 5 atom stereocenters. The van der Waals surface area contributed by atoms with Gasteiger partial charge >= 0.3 is 6.09 Å². The van der Waals surface area contributed by atoms with E-state index in [9.17, 15) is 9.90 Å². The SMILES string of the molecule is O=C1NCCCOC2CCC3NNC(c4cc(cc(N5CC[C@H](O)C5)c4)CO1)C3C2. The zero-order valence-corrected chi connectivity index (χ0v) is 17.3. The largest absolute Gasteiger partial charge is 0.445 e. The number of anilines is 1. The predicted octanol–water partition coefficient (Wildman–Crippen LogP) is 1.59. The lowest BCUT2D eigenvalue weighted by Crippen LogP contribution is -2.37. The van der Waals surface area contributed by atoms with Gasteiger partial charge in [0.25, 0.3) is 0 Å². The van der Waals surface area contributed by atoms with Gasteiger partial charge < -0.3 is 24.8 Å². The number of alkyl carbamates (subject to hydrolysis) is 1. The number of ether oxygens (including phenoxy) is 2. The van der Waals surface area contributed by atoms with Crippen LogP contribution in [0.5, 0.6) is 0 Å². The molecule has 30 heavy (non-hydrogen) atoms. The third kappa shape index (κ3) is 4.27. The van der Waals surface area contributed by atoms with Crippen LogP contribution in [0.3, 0.4) is 0 Å². The van der Waals surface area contributed by atoms with Gasteiger partial charge in [-0.15, -0.1) is 0 Å². The molecule has 0 radical (unpaired) electrons. The van der Waals surface area contributed by atoms with Crippen LogP contribution in [0.15, 0.2) is 18.2 Å². The van der Waals surface area contributed by atoms with E-state index >= 15 is 0 Å². The van der Waals surface area contributed by atoms with E-state index in [2.05, 4.69) is 39.3 Å². The van der Waals surface area contributed by atoms with E-state index in [1.165, 1.54) is 5.56 Å². The number of hydrogen-bond acceptors (Lipinski definition) is 7. The molecule has 0 spiro atoms. The molecule has 4 bridgehead atoms. The highest BCUT2D eigenvalue weighted by Gasteiger charge is 2.41. The Morgan fingerprint density at radius 2 is 2.07 bits per heavy atom. The summed E-state index contributed by atoms with van der Waals surface area (Å²) in [4.78, 5) is 14.3. The maximum atomic E-state index is 12.1. The van der Waals surface area contributed by atoms with Gasteiger partial charge in [0.1, 0.15) is 6.61 Å². The van der Waals surface area contributed by atoms with Crippen LogP contribution in [0.1, 0.15) is 49.3 Å². The van der Waals surface area contributed by atoms with Crippen LogP contribution in [0, 0.1) is 5.92 Å². The van der Waals surface area contributed by atoms with Gasteiger partial charge in [-0.3, -0.25) is 5.43 Å². The fraction of sp³-hybridized carbons (Fsp3) is 0.682. The molecular formula is C22H32N4O4. The summed E-state index contributed by atoms with van der Waals surface area (Å²) in [5.74, 6) is 0.460. The highest BCUT2D eigenvalue weighted by Crippen LogP contribution is 2.40. The number of β-amino-alcohol motifs (C(OH)–C–C–N with tert-alkyl or cyclic N) is 1. The lowest BCUT2D eigenvalue weighted by Gasteiger charge is -2.33. The molecule has 1 saturated carbocycles. The van der Waals surface area contributed by atoms with Gasteiger partial charge in [0.2, 0.25) is 0 Å². The summed E-state index contributed by atoms with van der Waals surface area (Å²) >= 11 is 0. The third-order valence-electron chi connectivity index (χ3n) is 6.91. The molecule has 2 saturated heterocycles. The topological polar surface area (TPSA) is 95.1 Å². The highest BCUT2D eigenvalue weighted by molar-refractivity contribution is 5.67. The molecule has 4 N–H and O–H groups in total. The summed E-state index contributed by atoms with van der Waals surface area (Å²) in [5, 5.41) is 12.8. The number of hydrazine groups is 1. The van der Waals surface area contributed by atoms with Gasteiger partial charge in [-0.1, -0.05) is 6.07 Å². The van der Waals surface area contributed by atoms with Crippen LogP contribution in [-0.2, 0) is 16.1 Å². The molecule has 3 fully saturated rings. The standard InChI is InChI=1S/C22H32N4O4/c27-17-4-6-26(12-17)16-9-14-8-15(10-16)21-19-11-18(2-3-20(19)24-25-21)29-7-1-5-23-22(28)30-13-14/h8-10,17-21,24-25,27H,1-7,11-13H2,(H,23,28)/t17-,18?,19?,20?,21?/m0/s1. The average molecular weight is 417 g/mol. The second-order valence-corrected chi connectivity index (χ2v) is 9.02. The van der Waals surface area contributed by atoms with Crippen molar-refractivity contribution in [1.29, 1.82) is 0 Å². The maximum Gasteiger partial charge on any atom is 0.407 e. The Morgan fingerprint density at radius 3 is 2.93 bits per heavy atom. The van der Waals surface area contributed by atoms with Gasteiger partial charge in [-0.05, 0) is 61.3 Å². The molecule has 0 aromatic heterocycles. The third-order valence-corrected chi connectivity index (χ3v) is 6.91. The summed E-state index contributed by atoms with van der Waals surface area (Å²) < 4.78 is 11.6. The Hall–Kier alpha value is -1.87. The number of rotatable bonds is 1. The van der Waals surface area contributed by atoms with E-state index in [4.69, 9.17) is 9.47 Å². The number of hydrogen-bond donors (Lipinski definition) is 4. The minimum Gasteiger partial charge on any atom is -0.445 e. The number of amides is 1. The van der Waals surface area contributed by atoms with E-state index < -0.39 is 6.09 Å². The van der Waals surface area contributed by atoms with E-state index in [1.807, 2.05) is 0 Å². The van der Waals surface area contributed by atoms with Crippen molar-refractivity contribution in [3.8, 4) is 0 Å². The number of cyclic esters (lactones) is 1. The first-order chi connectivity index (χ1) is 14.7. The zero-order valence-electron chi connectivity index (χ0n) is 17.3. The molecule has 164 valence electrons. The Balaban J connectivity index is 1.46. The number of carbonyl (C=O) groups excluding carboxylic acids is 1. The van der Waals surface area contributed by atoms with Crippen molar-refractivity contribution in [3.05, 3.63) is 29.3 Å². The molecule has 8 heteroatoms. The van der Waals surface area contributed by atoms with Crippen molar-refractivity contribution < 1.29 is 19.4 Å². The quantitative estimate of drug-likeness (QED) is 0.552. The molecule has 1 aromatic carbocycles. The zero-order chi connectivity index (χ0) is 20.5. The molecular weight excluding hydrogens is 384 g/mol. The highest BCUT2D eigenvalue weighted by atomic mass is 16.5. The van der Waals surface area contributed by atoms with Crippen LogP contribution >= 0.6 is 0 Å². The van der Waals surface area contributed by atoms with Gasteiger partial charge in [0.05, 0.1) is 18.2 Å².